The highest BCUT2D eigenvalue weighted by molar-refractivity contribution is 7.09. The van der Waals surface area contributed by atoms with Gasteiger partial charge in [0.25, 0.3) is 0 Å². The number of amides is 2. The molecule has 2 rings (SSSR count). The van der Waals surface area contributed by atoms with E-state index in [4.69, 9.17) is 4.42 Å². The minimum absolute atomic E-state index is 0.0909. The summed E-state index contributed by atoms with van der Waals surface area (Å²) in [6.45, 7) is 2.07. The molecule has 0 radical (unpaired) electrons. The van der Waals surface area contributed by atoms with Crippen molar-refractivity contribution in [2.24, 2.45) is 0 Å². The number of thiazole rings is 1. The highest BCUT2D eigenvalue weighted by Crippen LogP contribution is 2.18. The van der Waals surface area contributed by atoms with Gasteiger partial charge in [-0.05, 0) is 18.6 Å². The molecular weight excluding hydrogens is 278 g/mol. The fraction of sp³-hybridized carbons (Fsp3) is 0.385. The van der Waals surface area contributed by atoms with Crippen molar-refractivity contribution in [3.8, 4) is 0 Å². The van der Waals surface area contributed by atoms with Crippen LogP contribution in [0.3, 0.4) is 0 Å². The van der Waals surface area contributed by atoms with Crippen molar-refractivity contribution in [2.45, 2.75) is 25.5 Å². The maximum absolute atomic E-state index is 11.8. The molecule has 0 fully saturated rings. The van der Waals surface area contributed by atoms with Gasteiger partial charge in [-0.3, -0.25) is 0 Å². The summed E-state index contributed by atoms with van der Waals surface area (Å²) in [6, 6.07) is 2.90. The second-order valence-electron chi connectivity index (χ2n) is 4.22. The fourth-order valence-electron chi connectivity index (χ4n) is 1.73. The summed E-state index contributed by atoms with van der Waals surface area (Å²) in [4.78, 5) is 16.0. The van der Waals surface area contributed by atoms with Crippen LogP contribution in [0, 0.1) is 0 Å². The van der Waals surface area contributed by atoms with Gasteiger partial charge in [0.05, 0.1) is 18.8 Å². The molecule has 2 aromatic heterocycles. The van der Waals surface area contributed by atoms with Gasteiger partial charge in [0, 0.05) is 11.6 Å². The van der Waals surface area contributed by atoms with Crippen molar-refractivity contribution < 1.29 is 14.3 Å². The highest BCUT2D eigenvalue weighted by atomic mass is 32.1. The molecule has 0 aliphatic heterocycles. The largest absolute Gasteiger partial charge is 0.467 e. The van der Waals surface area contributed by atoms with E-state index < -0.39 is 6.10 Å². The number of aliphatic hydroxyl groups is 1. The van der Waals surface area contributed by atoms with Gasteiger partial charge in [0.1, 0.15) is 16.9 Å². The predicted molar refractivity (Wildman–Crippen MR) is 75.3 cm³/mol. The van der Waals surface area contributed by atoms with Crippen LogP contribution in [0.2, 0.25) is 0 Å². The molecule has 0 spiro atoms. The molecule has 0 bridgehead atoms. The number of nitrogens with zero attached hydrogens (tertiary/aromatic N) is 1. The zero-order chi connectivity index (χ0) is 14.4. The van der Waals surface area contributed by atoms with Gasteiger partial charge in [-0.2, -0.15) is 0 Å². The lowest BCUT2D eigenvalue weighted by Crippen LogP contribution is -2.39. The Morgan fingerprint density at radius 2 is 2.45 bits per heavy atom. The first-order valence-corrected chi connectivity index (χ1v) is 7.24. The van der Waals surface area contributed by atoms with Gasteiger partial charge in [-0.25, -0.2) is 9.78 Å². The van der Waals surface area contributed by atoms with Crippen LogP contribution in [0.15, 0.2) is 34.4 Å². The molecule has 2 amide bonds. The lowest BCUT2D eigenvalue weighted by Gasteiger charge is -2.16. The van der Waals surface area contributed by atoms with Crippen LogP contribution < -0.4 is 10.6 Å². The van der Waals surface area contributed by atoms with E-state index in [2.05, 4.69) is 15.6 Å². The SMILES string of the molecule is CCC(NC(=O)NCC(O)c1ccco1)c1nccs1. The van der Waals surface area contributed by atoms with Crippen molar-refractivity contribution >= 4 is 17.4 Å². The molecule has 6 nitrogen and oxygen atoms in total. The first kappa shape index (κ1) is 14.5. The number of hydrogen-bond acceptors (Lipinski definition) is 5. The summed E-state index contributed by atoms with van der Waals surface area (Å²) < 4.78 is 5.06. The minimum atomic E-state index is -0.851. The van der Waals surface area contributed by atoms with E-state index in [1.54, 1.807) is 18.3 Å². The van der Waals surface area contributed by atoms with Crippen LogP contribution in [0.5, 0.6) is 0 Å². The summed E-state index contributed by atoms with van der Waals surface area (Å²) in [6.07, 6.45) is 3.09. The summed E-state index contributed by atoms with van der Waals surface area (Å²) in [5, 5.41) is 18.0. The van der Waals surface area contributed by atoms with Gasteiger partial charge < -0.3 is 20.2 Å². The third-order valence-corrected chi connectivity index (χ3v) is 3.68. The lowest BCUT2D eigenvalue weighted by molar-refractivity contribution is 0.147. The van der Waals surface area contributed by atoms with Gasteiger partial charge in [-0.15, -0.1) is 11.3 Å². The molecule has 2 aromatic rings. The number of carbonyl (C=O) groups excluding carboxylic acids is 1. The number of hydrogen-bond donors (Lipinski definition) is 3. The van der Waals surface area contributed by atoms with E-state index in [1.165, 1.54) is 17.6 Å². The van der Waals surface area contributed by atoms with Crippen LogP contribution in [-0.4, -0.2) is 22.7 Å². The number of furan rings is 1. The summed E-state index contributed by atoms with van der Waals surface area (Å²) in [5.41, 5.74) is 0. The summed E-state index contributed by atoms with van der Waals surface area (Å²) in [5.74, 6) is 0.428. The molecule has 108 valence electrons. The van der Waals surface area contributed by atoms with Gasteiger partial charge in [0.2, 0.25) is 0 Å². The van der Waals surface area contributed by atoms with Crippen LogP contribution >= 0.6 is 11.3 Å². The predicted octanol–water partition coefficient (Wildman–Crippen LogP) is 2.22. The second-order valence-corrected chi connectivity index (χ2v) is 5.14. The molecule has 3 N–H and O–H groups in total. The molecule has 0 aliphatic carbocycles. The van der Waals surface area contributed by atoms with E-state index in [9.17, 15) is 9.90 Å². The monoisotopic (exact) mass is 295 g/mol. The van der Waals surface area contributed by atoms with E-state index in [1.807, 2.05) is 12.3 Å². The van der Waals surface area contributed by atoms with Crippen molar-refractivity contribution in [1.29, 1.82) is 0 Å². The van der Waals surface area contributed by atoms with E-state index in [-0.39, 0.29) is 18.6 Å². The smallest absolute Gasteiger partial charge is 0.315 e. The van der Waals surface area contributed by atoms with Crippen molar-refractivity contribution in [2.75, 3.05) is 6.54 Å². The quantitative estimate of drug-likeness (QED) is 0.762. The number of nitrogens with one attached hydrogen (secondary N) is 2. The van der Waals surface area contributed by atoms with E-state index in [0.717, 1.165) is 11.4 Å². The van der Waals surface area contributed by atoms with Crippen molar-refractivity contribution in [1.82, 2.24) is 15.6 Å². The summed E-state index contributed by atoms with van der Waals surface area (Å²) >= 11 is 1.50. The fourth-order valence-corrected chi connectivity index (χ4v) is 2.50. The summed E-state index contributed by atoms with van der Waals surface area (Å²) in [7, 11) is 0. The standard InChI is InChI=1S/C13H17N3O3S/c1-2-9(12-14-5-7-20-12)16-13(18)15-8-10(17)11-4-3-6-19-11/h3-7,9-10,17H,2,8H2,1H3,(H2,15,16,18). The molecule has 0 aromatic carbocycles. The average Bonchev–Trinajstić information content (AvgIpc) is 3.14. The Hall–Kier alpha value is -1.86. The van der Waals surface area contributed by atoms with Crippen LogP contribution in [0.1, 0.15) is 36.3 Å². The average molecular weight is 295 g/mol. The van der Waals surface area contributed by atoms with Crippen molar-refractivity contribution in [3.63, 3.8) is 0 Å². The number of aliphatic hydroxyl groups excluding tert-OH is 1. The third kappa shape index (κ3) is 3.82. The number of urea groups is 1. The first-order valence-electron chi connectivity index (χ1n) is 6.36. The lowest BCUT2D eigenvalue weighted by atomic mass is 10.2. The van der Waals surface area contributed by atoms with E-state index >= 15 is 0 Å². The first-order chi connectivity index (χ1) is 9.70. The Kier molecular flexibility index (Phi) is 5.14. The molecular formula is C13H17N3O3S. The maximum atomic E-state index is 11.8. The van der Waals surface area contributed by atoms with E-state index in [0.29, 0.717) is 5.76 Å². The molecule has 0 aliphatic rings. The van der Waals surface area contributed by atoms with Crippen LogP contribution in [-0.2, 0) is 0 Å². The van der Waals surface area contributed by atoms with Crippen molar-refractivity contribution in [3.05, 3.63) is 40.7 Å². The zero-order valence-electron chi connectivity index (χ0n) is 11.1. The Morgan fingerprint density at radius 1 is 1.60 bits per heavy atom. The Labute approximate surface area is 120 Å². The Bertz CT molecular complexity index is 513. The molecule has 0 saturated heterocycles. The molecule has 20 heavy (non-hydrogen) atoms. The zero-order valence-corrected chi connectivity index (χ0v) is 11.9. The van der Waals surface area contributed by atoms with Crippen LogP contribution in [0.4, 0.5) is 4.79 Å². The molecule has 0 saturated carbocycles. The molecule has 2 heterocycles. The van der Waals surface area contributed by atoms with Gasteiger partial charge >= 0.3 is 6.03 Å². The van der Waals surface area contributed by atoms with Crippen LogP contribution in [0.25, 0.3) is 0 Å². The van der Waals surface area contributed by atoms with Gasteiger partial charge in [0.15, 0.2) is 0 Å². The Balaban J connectivity index is 1.80. The number of carbonyl (C=O) groups is 1. The highest BCUT2D eigenvalue weighted by Gasteiger charge is 2.16. The van der Waals surface area contributed by atoms with Gasteiger partial charge in [-0.1, -0.05) is 6.92 Å². The number of rotatable bonds is 6. The Morgan fingerprint density at radius 3 is 3.05 bits per heavy atom. The number of aromatic nitrogens is 1. The maximum Gasteiger partial charge on any atom is 0.315 e. The molecule has 7 heteroatoms. The molecule has 2 atom stereocenters. The second kappa shape index (κ2) is 7.06. The third-order valence-electron chi connectivity index (χ3n) is 2.79. The topological polar surface area (TPSA) is 87.4 Å². The normalized spacial score (nSPS) is 13.7. The minimum Gasteiger partial charge on any atom is -0.467 e. The molecule has 2 unspecified atom stereocenters.